The Morgan fingerprint density at radius 1 is 1.44 bits per heavy atom. The molecule has 0 atom stereocenters. The van der Waals surface area contributed by atoms with Crippen molar-refractivity contribution in [3.05, 3.63) is 27.9 Å². The van der Waals surface area contributed by atoms with Gasteiger partial charge in [0.2, 0.25) is 0 Å². The molecule has 0 radical (unpaired) electrons. The van der Waals surface area contributed by atoms with E-state index in [1.165, 1.54) is 31.7 Å². The van der Waals surface area contributed by atoms with Gasteiger partial charge >= 0.3 is 0 Å². The summed E-state index contributed by atoms with van der Waals surface area (Å²) in [5.74, 6) is 1.58. The van der Waals surface area contributed by atoms with Gasteiger partial charge in [0.1, 0.15) is 11.5 Å². The van der Waals surface area contributed by atoms with Gasteiger partial charge in [-0.05, 0) is 25.3 Å². The zero-order valence-electron chi connectivity index (χ0n) is 10.7. The summed E-state index contributed by atoms with van der Waals surface area (Å²) in [6.07, 6.45) is 6.57. The van der Waals surface area contributed by atoms with Gasteiger partial charge in [-0.2, -0.15) is 0 Å². The highest BCUT2D eigenvalue weighted by Gasteiger charge is 2.15. The van der Waals surface area contributed by atoms with Crippen LogP contribution >= 0.6 is 0 Å². The molecule has 1 aromatic heterocycles. The van der Waals surface area contributed by atoms with Crippen molar-refractivity contribution in [1.82, 2.24) is 4.98 Å². The lowest BCUT2D eigenvalue weighted by Crippen LogP contribution is -2.08. The summed E-state index contributed by atoms with van der Waals surface area (Å²) in [7, 11) is 0. The van der Waals surface area contributed by atoms with E-state index in [0.29, 0.717) is 5.69 Å². The first kappa shape index (κ1) is 12.8. The van der Waals surface area contributed by atoms with Gasteiger partial charge in [0.25, 0.3) is 5.69 Å². The Bertz CT molecular complexity index is 428. The molecule has 1 aliphatic carbocycles. The molecule has 0 saturated heterocycles. The molecule has 5 heteroatoms. The molecule has 0 spiro atoms. The van der Waals surface area contributed by atoms with Crippen molar-refractivity contribution in [2.75, 3.05) is 11.9 Å². The third-order valence-electron chi connectivity index (χ3n) is 3.59. The topological polar surface area (TPSA) is 68.1 Å². The largest absolute Gasteiger partial charge is 0.370 e. The van der Waals surface area contributed by atoms with Crippen LogP contribution in [0.2, 0.25) is 0 Å². The number of aryl methyl sites for hydroxylation is 1. The van der Waals surface area contributed by atoms with Gasteiger partial charge in [-0.1, -0.05) is 25.7 Å². The second kappa shape index (κ2) is 5.80. The number of pyridine rings is 1. The van der Waals surface area contributed by atoms with Crippen LogP contribution in [0.1, 0.15) is 37.8 Å². The van der Waals surface area contributed by atoms with E-state index in [0.717, 1.165) is 24.7 Å². The van der Waals surface area contributed by atoms with Crippen molar-refractivity contribution in [3.8, 4) is 0 Å². The average Bonchev–Trinajstić information content (AvgIpc) is 2.81. The summed E-state index contributed by atoms with van der Waals surface area (Å²) in [4.78, 5) is 14.5. The number of nitrogens with one attached hydrogen (secondary N) is 1. The van der Waals surface area contributed by atoms with Crippen molar-refractivity contribution in [1.29, 1.82) is 0 Å². The van der Waals surface area contributed by atoms with E-state index in [4.69, 9.17) is 0 Å². The fraction of sp³-hybridized carbons (Fsp3) is 0.615. The number of rotatable bonds is 5. The van der Waals surface area contributed by atoms with E-state index < -0.39 is 4.92 Å². The lowest BCUT2D eigenvalue weighted by atomic mass is 10.0. The SMILES string of the molecule is Cc1nc(NCCC2CCCC2)ccc1[N+](=O)[O-]. The van der Waals surface area contributed by atoms with Crippen molar-refractivity contribution in [2.45, 2.75) is 39.0 Å². The Morgan fingerprint density at radius 2 is 2.17 bits per heavy atom. The van der Waals surface area contributed by atoms with Crippen molar-refractivity contribution >= 4 is 11.5 Å². The monoisotopic (exact) mass is 249 g/mol. The van der Waals surface area contributed by atoms with Crippen molar-refractivity contribution in [2.24, 2.45) is 5.92 Å². The smallest absolute Gasteiger partial charge is 0.290 e. The zero-order chi connectivity index (χ0) is 13.0. The first-order chi connectivity index (χ1) is 8.66. The van der Waals surface area contributed by atoms with Crippen LogP contribution in [0.4, 0.5) is 11.5 Å². The standard InChI is InChI=1S/C13H19N3O2/c1-10-12(16(17)18)6-7-13(15-10)14-9-8-11-4-2-3-5-11/h6-7,11H,2-5,8-9H2,1H3,(H,14,15). The molecule has 1 N–H and O–H groups in total. The Balaban J connectivity index is 1.85. The van der Waals surface area contributed by atoms with Crippen LogP contribution in [0.3, 0.4) is 0 Å². The Kier molecular flexibility index (Phi) is 4.12. The fourth-order valence-electron chi connectivity index (χ4n) is 2.55. The minimum atomic E-state index is -0.398. The molecule has 1 aromatic rings. The van der Waals surface area contributed by atoms with Gasteiger partial charge in [-0.25, -0.2) is 4.98 Å². The van der Waals surface area contributed by atoms with Gasteiger partial charge in [-0.15, -0.1) is 0 Å². The average molecular weight is 249 g/mol. The quantitative estimate of drug-likeness (QED) is 0.642. The second-order valence-corrected chi connectivity index (χ2v) is 4.92. The van der Waals surface area contributed by atoms with Crippen LogP contribution in [0.5, 0.6) is 0 Å². The van der Waals surface area contributed by atoms with E-state index in [1.807, 2.05) is 0 Å². The third kappa shape index (κ3) is 3.18. The molecule has 2 rings (SSSR count). The van der Waals surface area contributed by atoms with Crippen LogP contribution in [0, 0.1) is 23.0 Å². The molecule has 0 bridgehead atoms. The molecule has 0 amide bonds. The minimum absolute atomic E-state index is 0.0799. The summed E-state index contributed by atoms with van der Waals surface area (Å²) in [6, 6.07) is 3.19. The molecular weight excluding hydrogens is 230 g/mol. The first-order valence-electron chi connectivity index (χ1n) is 6.52. The second-order valence-electron chi connectivity index (χ2n) is 4.92. The number of nitro groups is 1. The van der Waals surface area contributed by atoms with Gasteiger partial charge in [-0.3, -0.25) is 10.1 Å². The minimum Gasteiger partial charge on any atom is -0.370 e. The van der Waals surface area contributed by atoms with E-state index >= 15 is 0 Å². The summed E-state index contributed by atoms with van der Waals surface area (Å²) >= 11 is 0. The van der Waals surface area contributed by atoms with Gasteiger partial charge in [0, 0.05) is 12.6 Å². The highest BCUT2D eigenvalue weighted by Crippen LogP contribution is 2.27. The molecule has 1 heterocycles. The number of aromatic nitrogens is 1. The fourth-order valence-corrected chi connectivity index (χ4v) is 2.55. The summed E-state index contributed by atoms with van der Waals surface area (Å²) in [5, 5.41) is 13.9. The van der Waals surface area contributed by atoms with E-state index in [-0.39, 0.29) is 5.69 Å². The molecule has 1 saturated carbocycles. The summed E-state index contributed by atoms with van der Waals surface area (Å²) in [6.45, 7) is 2.56. The van der Waals surface area contributed by atoms with Crippen LogP contribution in [0.25, 0.3) is 0 Å². The Labute approximate surface area is 107 Å². The van der Waals surface area contributed by atoms with Crippen LogP contribution in [-0.4, -0.2) is 16.5 Å². The zero-order valence-corrected chi connectivity index (χ0v) is 10.7. The third-order valence-corrected chi connectivity index (χ3v) is 3.59. The van der Waals surface area contributed by atoms with Gasteiger partial charge in [0.05, 0.1) is 4.92 Å². The van der Waals surface area contributed by atoms with Crippen molar-refractivity contribution in [3.63, 3.8) is 0 Å². The van der Waals surface area contributed by atoms with E-state index in [9.17, 15) is 10.1 Å². The predicted molar refractivity (Wildman–Crippen MR) is 70.7 cm³/mol. The maximum atomic E-state index is 10.7. The number of hydrogen-bond donors (Lipinski definition) is 1. The van der Waals surface area contributed by atoms with E-state index in [1.54, 1.807) is 13.0 Å². The summed E-state index contributed by atoms with van der Waals surface area (Å²) in [5.41, 5.74) is 0.544. The van der Waals surface area contributed by atoms with Crippen LogP contribution < -0.4 is 5.32 Å². The lowest BCUT2D eigenvalue weighted by molar-refractivity contribution is -0.385. The molecule has 0 aromatic carbocycles. The molecule has 1 aliphatic rings. The Morgan fingerprint density at radius 3 is 2.78 bits per heavy atom. The van der Waals surface area contributed by atoms with Crippen LogP contribution in [0.15, 0.2) is 12.1 Å². The molecule has 0 aliphatic heterocycles. The van der Waals surface area contributed by atoms with Gasteiger partial charge in [0.15, 0.2) is 0 Å². The molecular formula is C13H19N3O2. The number of hydrogen-bond acceptors (Lipinski definition) is 4. The highest BCUT2D eigenvalue weighted by molar-refractivity contribution is 5.44. The normalized spacial score (nSPS) is 15.8. The molecule has 98 valence electrons. The van der Waals surface area contributed by atoms with E-state index in [2.05, 4.69) is 10.3 Å². The molecule has 18 heavy (non-hydrogen) atoms. The number of nitrogens with zero attached hydrogens (tertiary/aromatic N) is 2. The number of anilines is 1. The predicted octanol–water partition coefficient (Wildman–Crippen LogP) is 3.29. The maximum Gasteiger partial charge on any atom is 0.290 e. The lowest BCUT2D eigenvalue weighted by Gasteiger charge is -2.10. The molecule has 0 unspecified atom stereocenters. The highest BCUT2D eigenvalue weighted by atomic mass is 16.6. The van der Waals surface area contributed by atoms with Crippen molar-refractivity contribution < 1.29 is 4.92 Å². The summed E-state index contributed by atoms with van der Waals surface area (Å²) < 4.78 is 0. The molecule has 1 fully saturated rings. The maximum absolute atomic E-state index is 10.7. The van der Waals surface area contributed by atoms with Crippen LogP contribution in [-0.2, 0) is 0 Å². The Hall–Kier alpha value is -1.65. The molecule has 5 nitrogen and oxygen atoms in total. The van der Waals surface area contributed by atoms with Gasteiger partial charge < -0.3 is 5.32 Å². The first-order valence-corrected chi connectivity index (χ1v) is 6.52.